The Hall–Kier alpha value is -4.24. The van der Waals surface area contributed by atoms with E-state index < -0.39 is 0 Å². The molecule has 12 nitrogen and oxygen atoms in total. The molecule has 1 aliphatic carbocycles. The third-order valence-electron chi connectivity index (χ3n) is 17.1. The fourth-order valence-corrected chi connectivity index (χ4v) is 12.4. The van der Waals surface area contributed by atoms with Crippen molar-refractivity contribution in [1.82, 2.24) is 0 Å². The molecule has 0 fully saturated rings. The molecule has 8 bridgehead atoms. The van der Waals surface area contributed by atoms with Gasteiger partial charge in [-0.05, 0) is 218 Å². The van der Waals surface area contributed by atoms with Gasteiger partial charge >= 0.3 is 0 Å². The van der Waals surface area contributed by atoms with E-state index in [1.807, 2.05) is 0 Å². The van der Waals surface area contributed by atoms with Crippen LogP contribution in [0.5, 0.6) is 23.0 Å². The van der Waals surface area contributed by atoms with E-state index in [1.54, 1.807) is 0 Å². The number of hydrogen-bond acceptors (Lipinski definition) is 8. The van der Waals surface area contributed by atoms with Crippen molar-refractivity contribution in [3.05, 3.63) is 115 Å². The highest BCUT2D eigenvalue weighted by Crippen LogP contribution is 2.42. The molecule has 0 radical (unpaired) electrons. The van der Waals surface area contributed by atoms with Crippen LogP contribution >= 0.6 is 0 Å². The third kappa shape index (κ3) is 31.5. The zero-order valence-electron chi connectivity index (χ0n) is 62.0. The Morgan fingerprint density at radius 2 is 0.413 bits per heavy atom. The van der Waals surface area contributed by atoms with Crippen LogP contribution in [0.3, 0.4) is 0 Å². The molecule has 4 aromatic carbocycles. The van der Waals surface area contributed by atoms with Gasteiger partial charge in [-0.25, -0.2) is 0 Å². The summed E-state index contributed by atoms with van der Waals surface area (Å²) in [5.74, 6) is 3.77. The molecule has 92 heavy (non-hydrogen) atoms. The van der Waals surface area contributed by atoms with Crippen molar-refractivity contribution in [2.24, 2.45) is 0 Å². The lowest BCUT2D eigenvalue weighted by molar-refractivity contribution is -0.870. The van der Waals surface area contributed by atoms with Crippen molar-refractivity contribution in [3.63, 3.8) is 0 Å². The second-order valence-corrected chi connectivity index (χ2v) is 31.0. The molecule has 0 heterocycles. The maximum Gasteiger partial charge on any atom is 0.126 e. The molecule has 0 aliphatic heterocycles. The van der Waals surface area contributed by atoms with Crippen molar-refractivity contribution in [3.8, 4) is 23.0 Å². The lowest BCUT2D eigenvalue weighted by atomic mass is 9.88. The molecule has 0 N–H and O–H groups in total. The van der Waals surface area contributed by atoms with Crippen LogP contribution in [0.4, 0.5) is 0 Å². The van der Waals surface area contributed by atoms with Gasteiger partial charge in [0, 0.05) is 52.1 Å². The Morgan fingerprint density at radius 1 is 0.239 bits per heavy atom. The first-order valence-electron chi connectivity index (χ1n) is 36.6. The maximum absolute atomic E-state index is 7.12. The van der Waals surface area contributed by atoms with Crippen molar-refractivity contribution in [2.75, 3.05) is 164 Å². The van der Waals surface area contributed by atoms with Gasteiger partial charge in [0.1, 0.15) is 23.0 Å². The topological polar surface area (TPSA) is 73.8 Å². The predicted molar refractivity (Wildman–Crippen MR) is 384 cm³/mol. The van der Waals surface area contributed by atoms with Crippen LogP contribution < -0.4 is 18.9 Å². The van der Waals surface area contributed by atoms with Crippen LogP contribution in [0.25, 0.3) is 0 Å². The molecule has 0 saturated heterocycles. The summed E-state index contributed by atoms with van der Waals surface area (Å²) in [5.41, 5.74) is 13.7. The number of fused-ring (bicyclic) bond motifs is 8. The van der Waals surface area contributed by atoms with E-state index >= 15 is 0 Å². The van der Waals surface area contributed by atoms with Crippen molar-refractivity contribution in [2.45, 2.75) is 208 Å². The number of hydrogen-bond donors (Lipinski definition) is 0. The van der Waals surface area contributed by atoms with Gasteiger partial charge in [-0.1, -0.05) is 53.4 Å². The maximum atomic E-state index is 7.12. The molecule has 520 valence electrons. The van der Waals surface area contributed by atoms with Gasteiger partial charge < -0.3 is 55.8 Å². The van der Waals surface area contributed by atoms with Crippen LogP contribution in [-0.2, 0) is 71.1 Å². The van der Waals surface area contributed by atoms with Gasteiger partial charge in [0.15, 0.2) is 0 Å². The van der Waals surface area contributed by atoms with E-state index in [9.17, 15) is 0 Å². The standard InChI is InChI=1S/C80H136N4O8/c1-17-41-89-77-69-49-65(61-85-45-33-25-21-29-37-81(5,6)7)50-70(77)58-72-52-67(63-87-47-35-27-23-31-39-83(11,12)13)54-74(79(72)91-43-19-3)60-76-56-68(64-88-48-36-28-24-32-40-84(14,15)16)55-75(80(76)92-44-20-4)59-73-53-66(51-71(57-69)78(73)90-42-18-2)62-86-46-34-26-22-30-38-82(8,9)10/h49-56H,17-48,57-64H2,1-16H3/q+4. The van der Waals surface area contributed by atoms with Crippen LogP contribution in [0.15, 0.2) is 48.5 Å². The normalized spacial score (nSPS) is 13.0. The molecule has 0 amide bonds. The molecule has 12 heteroatoms. The fourth-order valence-electron chi connectivity index (χ4n) is 12.4. The Bertz CT molecular complexity index is 2240. The highest BCUT2D eigenvalue weighted by atomic mass is 16.5. The summed E-state index contributed by atoms with van der Waals surface area (Å²) in [6, 6.07) is 19.0. The number of rotatable bonds is 48. The number of ether oxygens (including phenoxy) is 8. The van der Waals surface area contributed by atoms with Gasteiger partial charge in [-0.2, -0.15) is 0 Å². The summed E-state index contributed by atoms with van der Waals surface area (Å²) < 4.78 is 59.2. The number of nitrogens with zero attached hydrogens (tertiary/aromatic N) is 4. The van der Waals surface area contributed by atoms with E-state index in [0.717, 1.165) is 185 Å². The minimum atomic E-state index is 0.520. The monoisotopic (exact) mass is 1280 g/mol. The second-order valence-electron chi connectivity index (χ2n) is 31.0. The molecule has 5 rings (SSSR count). The molecule has 4 aromatic rings. The molecule has 0 unspecified atom stereocenters. The summed E-state index contributed by atoms with van der Waals surface area (Å²) in [6.45, 7) is 21.0. The average Bonchev–Trinajstić information content (AvgIpc) is 0.787. The number of quaternary nitrogens is 4. The summed E-state index contributed by atoms with van der Waals surface area (Å²) in [6.07, 6.45) is 24.7. The summed E-state index contributed by atoms with van der Waals surface area (Å²) in [7, 11) is 27.4. The van der Waals surface area contributed by atoms with Gasteiger partial charge in [0.25, 0.3) is 0 Å². The van der Waals surface area contributed by atoms with Crippen LogP contribution in [0.1, 0.15) is 223 Å². The van der Waals surface area contributed by atoms with E-state index in [1.165, 1.54) is 103 Å². The lowest BCUT2D eigenvalue weighted by Gasteiger charge is -2.25. The predicted octanol–water partition coefficient (Wildman–Crippen LogP) is 16.7. The zero-order chi connectivity index (χ0) is 66.8. The molecule has 0 saturated carbocycles. The third-order valence-corrected chi connectivity index (χ3v) is 17.1. The quantitative estimate of drug-likeness (QED) is 0.0282. The fraction of sp³-hybridized carbons (Fsp3) is 0.700. The minimum Gasteiger partial charge on any atom is -0.493 e. The average molecular weight is 1280 g/mol. The minimum absolute atomic E-state index is 0.520. The second kappa shape index (κ2) is 41.7. The van der Waals surface area contributed by atoms with E-state index in [4.69, 9.17) is 37.9 Å². The van der Waals surface area contributed by atoms with E-state index in [2.05, 4.69) is 161 Å². The first-order valence-corrected chi connectivity index (χ1v) is 36.6. The highest BCUT2D eigenvalue weighted by Gasteiger charge is 2.26. The van der Waals surface area contributed by atoms with E-state index in [0.29, 0.717) is 78.5 Å². The smallest absolute Gasteiger partial charge is 0.126 e. The molecule has 0 spiro atoms. The molecular formula is C80H136N4O8+4. The Labute approximate surface area is 563 Å². The van der Waals surface area contributed by atoms with Gasteiger partial charge in [0.05, 0.1) is 164 Å². The van der Waals surface area contributed by atoms with E-state index in [-0.39, 0.29) is 0 Å². The molecule has 0 atom stereocenters. The summed E-state index contributed by atoms with van der Waals surface area (Å²) >= 11 is 0. The van der Waals surface area contributed by atoms with Crippen molar-refractivity contribution < 1.29 is 55.8 Å². The Balaban J connectivity index is 1.72. The number of unbranched alkanes of at least 4 members (excludes halogenated alkanes) is 12. The van der Waals surface area contributed by atoms with Crippen LogP contribution in [0.2, 0.25) is 0 Å². The van der Waals surface area contributed by atoms with Crippen LogP contribution in [0, 0.1) is 0 Å². The highest BCUT2D eigenvalue weighted by molar-refractivity contribution is 5.58. The lowest BCUT2D eigenvalue weighted by Crippen LogP contribution is -2.35. The largest absolute Gasteiger partial charge is 0.493 e. The van der Waals surface area contributed by atoms with Gasteiger partial charge in [-0.15, -0.1) is 0 Å². The molecular weight excluding hydrogens is 1140 g/mol. The van der Waals surface area contributed by atoms with Crippen LogP contribution in [-0.4, -0.2) is 182 Å². The molecule has 0 aromatic heterocycles. The van der Waals surface area contributed by atoms with Gasteiger partial charge in [0.2, 0.25) is 0 Å². The van der Waals surface area contributed by atoms with Crippen molar-refractivity contribution >= 4 is 0 Å². The number of benzene rings is 4. The SMILES string of the molecule is CCCOc1c2cc(COCCCCCC[N+](C)(C)C)cc1Cc1cc(COCCCCCC[N+](C)(C)C)cc(c1OCCC)Cc1cc(COCCCCCC[N+](C)(C)C)cc(c1OCCC)Cc1cc(COCCCCCC[N+](C)(C)C)cc(c1OCCC)C2. The summed E-state index contributed by atoms with van der Waals surface area (Å²) in [4.78, 5) is 0. The Kier molecular flexibility index (Phi) is 35.5. The first-order chi connectivity index (χ1) is 44.0. The van der Waals surface area contributed by atoms with Gasteiger partial charge in [-0.3, -0.25) is 0 Å². The first kappa shape index (κ1) is 78.5. The Morgan fingerprint density at radius 3 is 0.576 bits per heavy atom. The molecule has 1 aliphatic rings. The summed E-state index contributed by atoms with van der Waals surface area (Å²) in [5, 5.41) is 0. The van der Waals surface area contributed by atoms with Crippen molar-refractivity contribution in [1.29, 1.82) is 0 Å². The zero-order valence-corrected chi connectivity index (χ0v) is 62.0.